The second-order valence-corrected chi connectivity index (χ2v) is 5.05. The minimum atomic E-state index is -0.724. The Morgan fingerprint density at radius 3 is 2.70 bits per heavy atom. The second kappa shape index (κ2) is 6.98. The van der Waals surface area contributed by atoms with Crippen LogP contribution in [0.15, 0.2) is 67.0 Å². The van der Waals surface area contributed by atoms with Crippen LogP contribution >= 0.6 is 0 Å². The topological polar surface area (TPSA) is 56.5 Å². The van der Waals surface area contributed by atoms with Crippen LogP contribution in [0, 0.1) is 0 Å². The largest absolute Gasteiger partial charge is 0.497 e. The molecule has 1 heterocycles. The highest BCUT2D eigenvalue weighted by Gasteiger charge is 2.10. The van der Waals surface area contributed by atoms with E-state index < -0.39 is 6.10 Å². The van der Waals surface area contributed by atoms with Crippen molar-refractivity contribution in [3.8, 4) is 17.2 Å². The lowest BCUT2D eigenvalue weighted by molar-refractivity contribution is 0.108. The number of hydrogen-bond acceptors (Lipinski definition) is 4. The van der Waals surface area contributed by atoms with Crippen molar-refractivity contribution in [1.29, 1.82) is 0 Å². The summed E-state index contributed by atoms with van der Waals surface area (Å²) >= 11 is 0. The molecule has 5 heteroatoms. The smallest absolute Gasteiger partial charge is 0.121 e. The third-order valence-corrected chi connectivity index (χ3v) is 3.47. The summed E-state index contributed by atoms with van der Waals surface area (Å²) in [4.78, 5) is 0. The number of hydrogen-bond donors (Lipinski definition) is 1. The van der Waals surface area contributed by atoms with Gasteiger partial charge in [0.1, 0.15) is 24.2 Å². The average Bonchev–Trinajstić information content (AvgIpc) is 3.14. The summed E-state index contributed by atoms with van der Waals surface area (Å²) < 4.78 is 12.6. The number of benzene rings is 2. The summed E-state index contributed by atoms with van der Waals surface area (Å²) in [5, 5.41) is 14.4. The quantitative estimate of drug-likeness (QED) is 0.760. The van der Waals surface area contributed by atoms with E-state index in [0.29, 0.717) is 11.5 Å². The Bertz CT molecular complexity index is 756. The van der Waals surface area contributed by atoms with Gasteiger partial charge in [-0.05, 0) is 35.9 Å². The summed E-state index contributed by atoms with van der Waals surface area (Å²) in [5.74, 6) is 1.39. The van der Waals surface area contributed by atoms with Crippen molar-refractivity contribution in [2.24, 2.45) is 0 Å². The van der Waals surface area contributed by atoms with Gasteiger partial charge in [-0.3, -0.25) is 0 Å². The van der Waals surface area contributed by atoms with Crippen molar-refractivity contribution >= 4 is 0 Å². The van der Waals surface area contributed by atoms with Crippen molar-refractivity contribution < 1.29 is 14.6 Å². The summed E-state index contributed by atoms with van der Waals surface area (Å²) in [5.41, 5.74) is 1.66. The van der Waals surface area contributed by atoms with Crippen LogP contribution in [0.25, 0.3) is 5.69 Å². The predicted octanol–water partition coefficient (Wildman–Crippen LogP) is 2.99. The van der Waals surface area contributed by atoms with Crippen molar-refractivity contribution in [3.63, 3.8) is 0 Å². The van der Waals surface area contributed by atoms with Crippen molar-refractivity contribution in [1.82, 2.24) is 9.78 Å². The molecule has 2 aromatic carbocycles. The molecular formula is C18H18N2O3. The molecule has 5 nitrogen and oxygen atoms in total. The lowest BCUT2D eigenvalue weighted by Gasteiger charge is -2.14. The number of rotatable bonds is 6. The van der Waals surface area contributed by atoms with E-state index in [9.17, 15) is 5.11 Å². The van der Waals surface area contributed by atoms with Gasteiger partial charge in [-0.25, -0.2) is 4.68 Å². The number of nitrogens with zero attached hydrogens (tertiary/aromatic N) is 2. The Balaban J connectivity index is 1.67. The molecule has 3 aromatic rings. The van der Waals surface area contributed by atoms with Crippen LogP contribution in [-0.4, -0.2) is 28.6 Å². The van der Waals surface area contributed by atoms with Gasteiger partial charge in [-0.1, -0.05) is 18.2 Å². The highest BCUT2D eigenvalue weighted by atomic mass is 16.5. The van der Waals surface area contributed by atoms with E-state index >= 15 is 0 Å². The summed E-state index contributed by atoms with van der Waals surface area (Å²) in [6.45, 7) is 0.162. The van der Waals surface area contributed by atoms with Gasteiger partial charge in [0, 0.05) is 18.5 Å². The molecule has 1 atom stereocenters. The molecule has 1 aromatic heterocycles. The molecule has 0 amide bonds. The summed E-state index contributed by atoms with van der Waals surface area (Å²) in [6, 6.07) is 16.8. The Hall–Kier alpha value is -2.79. The van der Waals surface area contributed by atoms with Crippen molar-refractivity contribution in [2.75, 3.05) is 13.7 Å². The molecule has 0 spiro atoms. The van der Waals surface area contributed by atoms with Gasteiger partial charge in [-0.2, -0.15) is 5.10 Å². The maximum atomic E-state index is 10.3. The molecule has 23 heavy (non-hydrogen) atoms. The monoisotopic (exact) mass is 310 g/mol. The van der Waals surface area contributed by atoms with Gasteiger partial charge >= 0.3 is 0 Å². The lowest BCUT2D eigenvalue weighted by Crippen LogP contribution is -2.10. The molecule has 0 saturated heterocycles. The van der Waals surface area contributed by atoms with Gasteiger partial charge in [0.15, 0.2) is 0 Å². The number of aliphatic hydroxyl groups is 1. The molecule has 118 valence electrons. The highest BCUT2D eigenvalue weighted by molar-refractivity contribution is 5.38. The molecule has 1 N–H and O–H groups in total. The molecule has 0 aliphatic carbocycles. The van der Waals surface area contributed by atoms with Gasteiger partial charge in [0.25, 0.3) is 0 Å². The third kappa shape index (κ3) is 3.70. The molecule has 0 bridgehead atoms. The zero-order valence-corrected chi connectivity index (χ0v) is 12.8. The van der Waals surface area contributed by atoms with Crippen LogP contribution in [0.2, 0.25) is 0 Å². The van der Waals surface area contributed by atoms with Crippen LogP contribution in [0.1, 0.15) is 11.7 Å². The summed E-state index contributed by atoms with van der Waals surface area (Å²) in [6.07, 6.45) is 2.86. The van der Waals surface area contributed by atoms with Crippen LogP contribution in [0.4, 0.5) is 0 Å². The fraction of sp³-hybridized carbons (Fsp3) is 0.167. The Labute approximate surface area is 134 Å². The van der Waals surface area contributed by atoms with Gasteiger partial charge < -0.3 is 14.6 Å². The zero-order valence-electron chi connectivity index (χ0n) is 12.8. The Morgan fingerprint density at radius 1 is 1.09 bits per heavy atom. The van der Waals surface area contributed by atoms with Crippen LogP contribution in [0.3, 0.4) is 0 Å². The van der Waals surface area contributed by atoms with E-state index in [2.05, 4.69) is 5.10 Å². The van der Waals surface area contributed by atoms with E-state index in [1.54, 1.807) is 24.1 Å². The first kappa shape index (κ1) is 15.1. The molecule has 3 rings (SSSR count). The molecule has 0 aliphatic rings. The van der Waals surface area contributed by atoms with Crippen LogP contribution < -0.4 is 9.47 Å². The normalized spacial score (nSPS) is 11.9. The van der Waals surface area contributed by atoms with Gasteiger partial charge in [-0.15, -0.1) is 0 Å². The summed E-state index contributed by atoms with van der Waals surface area (Å²) in [7, 11) is 1.60. The molecular weight excluding hydrogens is 292 g/mol. The first-order valence-electron chi connectivity index (χ1n) is 7.31. The van der Waals surface area contributed by atoms with Crippen molar-refractivity contribution in [3.05, 3.63) is 72.6 Å². The standard InChI is InChI=1S/C18H18N2O3/c1-22-16-7-2-5-14(11-16)18(21)13-23-17-8-3-6-15(12-17)20-10-4-9-19-20/h2-12,18,21H,13H2,1H3/t18-/m1/s1. The van der Waals surface area contributed by atoms with E-state index in [1.807, 2.05) is 54.7 Å². The first-order valence-corrected chi connectivity index (χ1v) is 7.31. The number of methoxy groups -OCH3 is 1. The highest BCUT2D eigenvalue weighted by Crippen LogP contribution is 2.21. The van der Waals surface area contributed by atoms with Gasteiger partial charge in [0.05, 0.1) is 12.8 Å². The fourth-order valence-corrected chi connectivity index (χ4v) is 2.26. The average molecular weight is 310 g/mol. The third-order valence-electron chi connectivity index (χ3n) is 3.47. The van der Waals surface area contributed by atoms with Crippen molar-refractivity contribution in [2.45, 2.75) is 6.10 Å². The molecule has 0 unspecified atom stereocenters. The first-order chi connectivity index (χ1) is 11.3. The maximum Gasteiger partial charge on any atom is 0.121 e. The number of ether oxygens (including phenoxy) is 2. The second-order valence-electron chi connectivity index (χ2n) is 5.05. The maximum absolute atomic E-state index is 10.3. The Kier molecular flexibility index (Phi) is 4.59. The van der Waals surface area contributed by atoms with E-state index in [4.69, 9.17) is 9.47 Å². The Morgan fingerprint density at radius 2 is 1.91 bits per heavy atom. The molecule has 0 aliphatic heterocycles. The zero-order chi connectivity index (χ0) is 16.1. The van der Waals surface area contributed by atoms with E-state index in [1.165, 1.54) is 0 Å². The van der Waals surface area contributed by atoms with Crippen LogP contribution in [0.5, 0.6) is 11.5 Å². The number of aliphatic hydroxyl groups excluding tert-OH is 1. The minimum absolute atomic E-state index is 0.162. The SMILES string of the molecule is COc1cccc([C@H](O)COc2cccc(-n3cccn3)c2)c1. The number of aromatic nitrogens is 2. The van der Waals surface area contributed by atoms with E-state index in [0.717, 1.165) is 11.3 Å². The molecule has 0 radical (unpaired) electrons. The van der Waals surface area contributed by atoms with E-state index in [-0.39, 0.29) is 6.61 Å². The minimum Gasteiger partial charge on any atom is -0.497 e. The molecule has 0 saturated carbocycles. The molecule has 0 fully saturated rings. The predicted molar refractivity (Wildman–Crippen MR) is 87.0 cm³/mol. The fourth-order valence-electron chi connectivity index (χ4n) is 2.26. The van der Waals surface area contributed by atoms with Gasteiger partial charge in [0.2, 0.25) is 0 Å². The van der Waals surface area contributed by atoms with Crippen LogP contribution in [-0.2, 0) is 0 Å². The lowest BCUT2D eigenvalue weighted by atomic mass is 10.1.